The summed E-state index contributed by atoms with van der Waals surface area (Å²) in [4.78, 5) is 24.2. The predicted octanol–water partition coefficient (Wildman–Crippen LogP) is 4.55. The lowest BCUT2D eigenvalue weighted by Gasteiger charge is -2.09. The molecule has 1 saturated carbocycles. The molecule has 1 aliphatic carbocycles. The molecule has 2 aromatic rings. The molecule has 0 saturated heterocycles. The van der Waals surface area contributed by atoms with Crippen LogP contribution in [0.3, 0.4) is 0 Å². The second kappa shape index (κ2) is 7.72. The number of ether oxygens (including phenoxy) is 2. The molecular formula is C19H19Cl2NO4. The van der Waals surface area contributed by atoms with E-state index in [2.05, 4.69) is 4.57 Å². The lowest BCUT2D eigenvalue weighted by atomic mass is 10.1. The van der Waals surface area contributed by atoms with Crippen LogP contribution in [0.25, 0.3) is 0 Å². The molecule has 0 N–H and O–H groups in total. The molecule has 0 aliphatic heterocycles. The van der Waals surface area contributed by atoms with E-state index in [0.29, 0.717) is 27.4 Å². The van der Waals surface area contributed by atoms with E-state index in [1.807, 2.05) is 19.9 Å². The number of hydrogen-bond acceptors (Lipinski definition) is 4. The van der Waals surface area contributed by atoms with Crippen molar-refractivity contribution in [3.8, 4) is 5.75 Å². The second-order valence-corrected chi connectivity index (χ2v) is 7.18. The van der Waals surface area contributed by atoms with Gasteiger partial charge in [0.05, 0.1) is 5.02 Å². The van der Waals surface area contributed by atoms with E-state index in [1.54, 1.807) is 12.1 Å². The lowest BCUT2D eigenvalue weighted by Crippen LogP contribution is -2.20. The van der Waals surface area contributed by atoms with E-state index in [-0.39, 0.29) is 19.0 Å². The molecule has 0 spiro atoms. The molecule has 1 aliphatic rings. The Balaban J connectivity index is 1.53. The molecule has 0 bridgehead atoms. The van der Waals surface area contributed by atoms with Gasteiger partial charge in [-0.05, 0) is 51.0 Å². The van der Waals surface area contributed by atoms with Gasteiger partial charge in [0.15, 0.2) is 13.2 Å². The topological polar surface area (TPSA) is 57.5 Å². The van der Waals surface area contributed by atoms with Crippen LogP contribution < -0.4 is 4.74 Å². The van der Waals surface area contributed by atoms with Crippen LogP contribution in [0.4, 0.5) is 0 Å². The van der Waals surface area contributed by atoms with E-state index >= 15 is 0 Å². The number of aromatic nitrogens is 1. The zero-order chi connectivity index (χ0) is 18.8. The van der Waals surface area contributed by atoms with Gasteiger partial charge in [-0.2, -0.15) is 0 Å². The predicted molar refractivity (Wildman–Crippen MR) is 99.4 cm³/mol. The molecule has 1 heterocycles. The van der Waals surface area contributed by atoms with Crippen molar-refractivity contribution in [3.05, 3.63) is 51.3 Å². The highest BCUT2D eigenvalue weighted by Crippen LogP contribution is 2.38. The Hall–Kier alpha value is -1.98. The van der Waals surface area contributed by atoms with Crippen LogP contribution in [0.1, 0.15) is 40.6 Å². The van der Waals surface area contributed by atoms with E-state index in [4.69, 9.17) is 32.7 Å². The first-order valence-electron chi connectivity index (χ1n) is 8.32. The fourth-order valence-electron chi connectivity index (χ4n) is 2.95. The first-order chi connectivity index (χ1) is 12.4. The number of rotatable bonds is 7. The van der Waals surface area contributed by atoms with Gasteiger partial charge in [-0.25, -0.2) is 4.79 Å². The number of aryl methyl sites for hydroxylation is 1. The van der Waals surface area contributed by atoms with Gasteiger partial charge in [0.2, 0.25) is 5.78 Å². The Labute approximate surface area is 161 Å². The number of ketones is 1. The van der Waals surface area contributed by atoms with E-state index < -0.39 is 5.97 Å². The maximum atomic E-state index is 12.4. The molecule has 5 nitrogen and oxygen atoms in total. The zero-order valence-corrected chi connectivity index (χ0v) is 16.1. The number of carbonyl (C=O) groups excluding carboxylic acids is 2. The van der Waals surface area contributed by atoms with Crippen LogP contribution in [0.5, 0.6) is 5.75 Å². The number of Topliss-reactive ketones (excluding diaryl/α,β-unsaturated/α-hetero) is 1. The number of nitrogens with zero attached hydrogens (tertiary/aromatic N) is 1. The number of carbonyl (C=O) groups is 2. The standard InChI is InChI=1S/C19H19Cl2NO4/c1-11-7-15(12(2)22(11)14-4-5-14)17(23)9-26-19(24)10-25-18-6-3-13(20)8-16(18)21/h3,6-8,14H,4-5,9-10H2,1-2H3. The van der Waals surface area contributed by atoms with Crippen LogP contribution >= 0.6 is 23.2 Å². The normalized spacial score (nSPS) is 13.5. The fourth-order valence-corrected chi connectivity index (χ4v) is 3.41. The summed E-state index contributed by atoms with van der Waals surface area (Å²) >= 11 is 11.8. The summed E-state index contributed by atoms with van der Waals surface area (Å²) < 4.78 is 12.5. The van der Waals surface area contributed by atoms with Crippen molar-refractivity contribution in [2.75, 3.05) is 13.2 Å². The average molecular weight is 396 g/mol. The van der Waals surface area contributed by atoms with Crippen molar-refractivity contribution in [1.82, 2.24) is 4.57 Å². The van der Waals surface area contributed by atoms with Crippen molar-refractivity contribution >= 4 is 35.0 Å². The van der Waals surface area contributed by atoms with Crippen molar-refractivity contribution in [2.45, 2.75) is 32.7 Å². The summed E-state index contributed by atoms with van der Waals surface area (Å²) in [5.41, 5.74) is 2.58. The van der Waals surface area contributed by atoms with Gasteiger partial charge in [-0.1, -0.05) is 23.2 Å². The summed E-state index contributed by atoms with van der Waals surface area (Å²) in [5.74, 6) is -0.532. The second-order valence-electron chi connectivity index (χ2n) is 6.33. The molecule has 7 heteroatoms. The molecule has 0 atom stereocenters. The number of benzene rings is 1. The summed E-state index contributed by atoms with van der Waals surface area (Å²) in [6.45, 7) is 3.26. The van der Waals surface area contributed by atoms with Crippen molar-refractivity contribution in [3.63, 3.8) is 0 Å². The molecule has 3 rings (SSSR count). The fraction of sp³-hybridized carbons (Fsp3) is 0.368. The van der Waals surface area contributed by atoms with Crippen LogP contribution in [-0.2, 0) is 9.53 Å². The van der Waals surface area contributed by atoms with Gasteiger partial charge >= 0.3 is 5.97 Å². The minimum atomic E-state index is -0.639. The Kier molecular flexibility index (Phi) is 5.58. The number of halogens is 2. The Bertz CT molecular complexity index is 855. The number of hydrogen-bond donors (Lipinski definition) is 0. The first kappa shape index (κ1) is 18.8. The maximum Gasteiger partial charge on any atom is 0.344 e. The molecule has 0 amide bonds. The Morgan fingerprint density at radius 2 is 1.88 bits per heavy atom. The minimum absolute atomic E-state index is 0.220. The summed E-state index contributed by atoms with van der Waals surface area (Å²) in [7, 11) is 0. The molecule has 1 aromatic carbocycles. The van der Waals surface area contributed by atoms with Crippen LogP contribution in [-0.4, -0.2) is 29.5 Å². The molecule has 1 fully saturated rings. The molecule has 0 unspecified atom stereocenters. The molecule has 0 radical (unpaired) electrons. The summed E-state index contributed by atoms with van der Waals surface area (Å²) in [6, 6.07) is 7.04. The van der Waals surface area contributed by atoms with E-state index in [0.717, 1.165) is 24.2 Å². The highest BCUT2D eigenvalue weighted by Gasteiger charge is 2.28. The number of esters is 1. The van der Waals surface area contributed by atoms with Gasteiger partial charge in [0, 0.05) is 28.0 Å². The van der Waals surface area contributed by atoms with E-state index in [9.17, 15) is 9.59 Å². The Morgan fingerprint density at radius 1 is 1.15 bits per heavy atom. The largest absolute Gasteiger partial charge is 0.480 e. The van der Waals surface area contributed by atoms with Gasteiger partial charge < -0.3 is 14.0 Å². The third-order valence-electron chi connectivity index (χ3n) is 4.30. The first-order valence-corrected chi connectivity index (χ1v) is 9.07. The Morgan fingerprint density at radius 3 is 2.54 bits per heavy atom. The quantitative estimate of drug-likeness (QED) is 0.509. The molecular weight excluding hydrogens is 377 g/mol. The third kappa shape index (κ3) is 4.22. The van der Waals surface area contributed by atoms with Crippen LogP contribution in [0.2, 0.25) is 10.0 Å². The molecule has 26 heavy (non-hydrogen) atoms. The van der Waals surface area contributed by atoms with Gasteiger partial charge in [0.25, 0.3) is 0 Å². The van der Waals surface area contributed by atoms with Gasteiger partial charge in [-0.15, -0.1) is 0 Å². The minimum Gasteiger partial charge on any atom is -0.480 e. The van der Waals surface area contributed by atoms with Crippen LogP contribution in [0, 0.1) is 13.8 Å². The summed E-state index contributed by atoms with van der Waals surface area (Å²) in [5, 5.41) is 0.771. The summed E-state index contributed by atoms with van der Waals surface area (Å²) in [6.07, 6.45) is 2.28. The molecule has 138 valence electrons. The SMILES string of the molecule is Cc1cc(C(=O)COC(=O)COc2ccc(Cl)cc2Cl)c(C)n1C1CC1. The maximum absolute atomic E-state index is 12.4. The monoisotopic (exact) mass is 395 g/mol. The van der Waals surface area contributed by atoms with E-state index in [1.165, 1.54) is 6.07 Å². The van der Waals surface area contributed by atoms with Crippen molar-refractivity contribution < 1.29 is 19.1 Å². The van der Waals surface area contributed by atoms with Gasteiger partial charge in [-0.3, -0.25) is 4.79 Å². The smallest absolute Gasteiger partial charge is 0.344 e. The molecule has 1 aromatic heterocycles. The highest BCUT2D eigenvalue weighted by atomic mass is 35.5. The third-order valence-corrected chi connectivity index (χ3v) is 4.83. The van der Waals surface area contributed by atoms with Gasteiger partial charge in [0.1, 0.15) is 5.75 Å². The van der Waals surface area contributed by atoms with Crippen molar-refractivity contribution in [2.24, 2.45) is 0 Å². The zero-order valence-electron chi connectivity index (χ0n) is 14.6. The van der Waals surface area contributed by atoms with Crippen molar-refractivity contribution in [1.29, 1.82) is 0 Å². The lowest BCUT2D eigenvalue weighted by molar-refractivity contribution is -0.144. The highest BCUT2D eigenvalue weighted by molar-refractivity contribution is 6.35. The van der Waals surface area contributed by atoms with Crippen LogP contribution in [0.15, 0.2) is 24.3 Å². The average Bonchev–Trinajstić information content (AvgIpc) is 3.37.